The predicted octanol–water partition coefficient (Wildman–Crippen LogP) is 1.29. The van der Waals surface area contributed by atoms with Gasteiger partial charge in [0.25, 0.3) is 11.5 Å². The van der Waals surface area contributed by atoms with Gasteiger partial charge in [0.2, 0.25) is 0 Å². The Morgan fingerprint density at radius 1 is 0.906 bits per heavy atom. The minimum Gasteiger partial charge on any atom is -0.395 e. The number of aliphatic hydroxyl groups is 1. The molecule has 0 radical (unpaired) electrons. The van der Waals surface area contributed by atoms with Gasteiger partial charge in [-0.1, -0.05) is 0 Å². The summed E-state index contributed by atoms with van der Waals surface area (Å²) >= 11 is 0. The molecular weight excluding hydrogens is 408 g/mol. The summed E-state index contributed by atoms with van der Waals surface area (Å²) in [5, 5.41) is 9.61. The summed E-state index contributed by atoms with van der Waals surface area (Å²) in [6, 6.07) is 11.0. The van der Waals surface area contributed by atoms with E-state index in [0.29, 0.717) is 48.2 Å². The lowest BCUT2D eigenvalue weighted by Crippen LogP contribution is -2.48. The molecule has 9 nitrogen and oxygen atoms in total. The number of aromatic nitrogens is 4. The van der Waals surface area contributed by atoms with Gasteiger partial charge in [0.1, 0.15) is 0 Å². The van der Waals surface area contributed by atoms with Crippen LogP contribution < -0.4 is 10.5 Å². The van der Waals surface area contributed by atoms with Gasteiger partial charge in [0.05, 0.1) is 41.4 Å². The first-order valence-corrected chi connectivity index (χ1v) is 10.5. The van der Waals surface area contributed by atoms with Crippen LogP contribution in [0.15, 0.2) is 59.9 Å². The van der Waals surface area contributed by atoms with Crippen molar-refractivity contribution in [2.24, 2.45) is 0 Å². The van der Waals surface area contributed by atoms with Crippen molar-refractivity contribution in [3.63, 3.8) is 0 Å². The number of amides is 1. The summed E-state index contributed by atoms with van der Waals surface area (Å²) < 4.78 is 1.41. The van der Waals surface area contributed by atoms with E-state index in [1.165, 1.54) is 10.9 Å². The number of hydrogen-bond acceptors (Lipinski definition) is 7. The Labute approximate surface area is 183 Å². The van der Waals surface area contributed by atoms with Gasteiger partial charge in [0.15, 0.2) is 0 Å². The molecule has 0 spiro atoms. The van der Waals surface area contributed by atoms with E-state index >= 15 is 0 Å². The van der Waals surface area contributed by atoms with Gasteiger partial charge < -0.3 is 14.9 Å². The first kappa shape index (κ1) is 20.1. The Morgan fingerprint density at radius 3 is 2.47 bits per heavy atom. The average Bonchev–Trinajstić information content (AvgIpc) is 2.85. The number of carbonyl (C=O) groups excluding carboxylic acids is 1. The van der Waals surface area contributed by atoms with Crippen LogP contribution in [0, 0.1) is 0 Å². The molecular formula is C23H22N6O3. The van der Waals surface area contributed by atoms with Crippen molar-refractivity contribution in [1.29, 1.82) is 0 Å². The SMILES string of the molecule is O=C(c1ccc2nccnc2c1)N1CCN(c2ccc3c(=O)n(CCO)cnc3c2)CC1. The third-order valence-electron chi connectivity index (χ3n) is 5.80. The zero-order valence-electron chi connectivity index (χ0n) is 17.4. The van der Waals surface area contributed by atoms with Crippen LogP contribution >= 0.6 is 0 Å². The first-order chi connectivity index (χ1) is 15.6. The van der Waals surface area contributed by atoms with Gasteiger partial charge in [-0.15, -0.1) is 0 Å². The molecule has 1 saturated heterocycles. The van der Waals surface area contributed by atoms with Gasteiger partial charge in [-0.05, 0) is 36.4 Å². The molecule has 32 heavy (non-hydrogen) atoms. The molecule has 4 aromatic rings. The molecule has 1 amide bonds. The maximum Gasteiger partial charge on any atom is 0.261 e. The Morgan fingerprint density at radius 2 is 1.69 bits per heavy atom. The summed E-state index contributed by atoms with van der Waals surface area (Å²) in [5.41, 5.74) is 3.52. The lowest BCUT2D eigenvalue weighted by Gasteiger charge is -2.36. The van der Waals surface area contributed by atoms with E-state index in [9.17, 15) is 9.59 Å². The third-order valence-corrected chi connectivity index (χ3v) is 5.80. The first-order valence-electron chi connectivity index (χ1n) is 10.5. The fraction of sp³-hybridized carbons (Fsp3) is 0.261. The van der Waals surface area contributed by atoms with Crippen molar-refractivity contribution in [3.8, 4) is 0 Å². The lowest BCUT2D eigenvalue weighted by atomic mass is 10.1. The van der Waals surface area contributed by atoms with Crippen molar-refractivity contribution in [1.82, 2.24) is 24.4 Å². The lowest BCUT2D eigenvalue weighted by molar-refractivity contribution is 0.0747. The molecule has 1 fully saturated rings. The van der Waals surface area contributed by atoms with Crippen LogP contribution in [0.4, 0.5) is 5.69 Å². The van der Waals surface area contributed by atoms with E-state index in [-0.39, 0.29) is 24.6 Å². The molecule has 162 valence electrons. The summed E-state index contributed by atoms with van der Waals surface area (Å²) in [6.45, 7) is 2.68. The molecule has 0 saturated carbocycles. The fourth-order valence-electron chi connectivity index (χ4n) is 4.06. The number of rotatable bonds is 4. The van der Waals surface area contributed by atoms with E-state index in [0.717, 1.165) is 11.2 Å². The van der Waals surface area contributed by atoms with Crippen molar-refractivity contribution in [2.75, 3.05) is 37.7 Å². The number of anilines is 1. The topological polar surface area (TPSA) is 104 Å². The van der Waals surface area contributed by atoms with E-state index in [1.54, 1.807) is 30.6 Å². The van der Waals surface area contributed by atoms with Gasteiger partial charge in [-0.2, -0.15) is 0 Å². The number of benzene rings is 2. The molecule has 0 unspecified atom stereocenters. The molecule has 0 bridgehead atoms. The largest absolute Gasteiger partial charge is 0.395 e. The highest BCUT2D eigenvalue weighted by atomic mass is 16.3. The van der Waals surface area contributed by atoms with Crippen molar-refractivity contribution in [2.45, 2.75) is 6.54 Å². The smallest absolute Gasteiger partial charge is 0.261 e. The molecule has 1 aliphatic rings. The minimum atomic E-state index is -0.161. The fourth-order valence-corrected chi connectivity index (χ4v) is 4.06. The van der Waals surface area contributed by atoms with E-state index in [1.807, 2.05) is 23.1 Å². The summed E-state index contributed by atoms with van der Waals surface area (Å²) in [7, 11) is 0. The molecule has 2 aromatic heterocycles. The number of nitrogens with zero attached hydrogens (tertiary/aromatic N) is 6. The highest BCUT2D eigenvalue weighted by Gasteiger charge is 2.23. The maximum atomic E-state index is 13.0. The van der Waals surface area contributed by atoms with Crippen LogP contribution in [0.25, 0.3) is 21.9 Å². The van der Waals surface area contributed by atoms with Gasteiger partial charge in [-0.3, -0.25) is 24.1 Å². The van der Waals surface area contributed by atoms with Crippen LogP contribution in [0.2, 0.25) is 0 Å². The average molecular weight is 430 g/mol. The van der Waals surface area contributed by atoms with Gasteiger partial charge in [-0.25, -0.2) is 4.98 Å². The summed E-state index contributed by atoms with van der Waals surface area (Å²) in [4.78, 5) is 42.4. The molecule has 3 heterocycles. The molecule has 1 aliphatic heterocycles. The highest BCUT2D eigenvalue weighted by Crippen LogP contribution is 2.21. The molecule has 0 aliphatic carbocycles. The number of hydrogen-bond donors (Lipinski definition) is 1. The summed E-state index contributed by atoms with van der Waals surface area (Å²) in [6.07, 6.45) is 4.72. The normalized spacial score (nSPS) is 14.3. The number of fused-ring (bicyclic) bond motifs is 2. The summed E-state index contributed by atoms with van der Waals surface area (Å²) in [5.74, 6) is -0.0122. The monoisotopic (exact) mass is 430 g/mol. The van der Waals surface area contributed by atoms with Crippen molar-refractivity contribution < 1.29 is 9.90 Å². The van der Waals surface area contributed by atoms with E-state index < -0.39 is 0 Å². The van der Waals surface area contributed by atoms with Crippen LogP contribution in [-0.4, -0.2) is 68.2 Å². The predicted molar refractivity (Wildman–Crippen MR) is 121 cm³/mol. The van der Waals surface area contributed by atoms with Crippen LogP contribution in [-0.2, 0) is 6.54 Å². The van der Waals surface area contributed by atoms with E-state index in [4.69, 9.17) is 5.11 Å². The van der Waals surface area contributed by atoms with Crippen LogP contribution in [0.3, 0.4) is 0 Å². The Hall–Kier alpha value is -3.85. The molecule has 2 aromatic carbocycles. The second kappa shape index (κ2) is 8.35. The van der Waals surface area contributed by atoms with Gasteiger partial charge >= 0.3 is 0 Å². The number of piperazine rings is 1. The van der Waals surface area contributed by atoms with Crippen LogP contribution in [0.5, 0.6) is 0 Å². The zero-order valence-corrected chi connectivity index (χ0v) is 17.4. The van der Waals surface area contributed by atoms with Crippen molar-refractivity contribution >= 4 is 33.5 Å². The minimum absolute atomic E-state index is 0.0122. The number of aliphatic hydroxyl groups excluding tert-OH is 1. The Bertz CT molecular complexity index is 1360. The quantitative estimate of drug-likeness (QED) is 0.520. The molecule has 9 heteroatoms. The standard InChI is InChI=1S/C23H22N6O3/c30-12-11-29-15-26-20-14-17(2-3-18(20)23(29)32)27-7-9-28(10-8-27)22(31)16-1-4-19-21(13-16)25-6-5-24-19/h1-6,13-15,30H,7-12H2. The molecule has 0 atom stereocenters. The van der Waals surface area contributed by atoms with Gasteiger partial charge in [0, 0.05) is 49.8 Å². The third kappa shape index (κ3) is 3.67. The second-order valence-electron chi connectivity index (χ2n) is 7.71. The van der Waals surface area contributed by atoms with Crippen LogP contribution in [0.1, 0.15) is 10.4 Å². The Kier molecular flexibility index (Phi) is 5.24. The Balaban J connectivity index is 1.30. The maximum absolute atomic E-state index is 13.0. The zero-order chi connectivity index (χ0) is 22.1. The number of carbonyl (C=O) groups is 1. The second-order valence-corrected chi connectivity index (χ2v) is 7.71. The highest BCUT2D eigenvalue weighted by molar-refractivity contribution is 5.97. The molecule has 1 N–H and O–H groups in total. The molecule has 5 rings (SSSR count). The van der Waals surface area contributed by atoms with E-state index in [2.05, 4.69) is 19.9 Å². The van der Waals surface area contributed by atoms with Crippen molar-refractivity contribution in [3.05, 3.63) is 71.0 Å².